The van der Waals surface area contributed by atoms with Crippen LogP contribution in [-0.4, -0.2) is 22.7 Å². The smallest absolute Gasteiger partial charge is 0.396 e. The zero-order chi connectivity index (χ0) is 12.2. The second-order valence-corrected chi connectivity index (χ2v) is 3.45. The number of aliphatic hydroxyl groups excluding tert-OH is 1. The van der Waals surface area contributed by atoms with Crippen molar-refractivity contribution < 1.29 is 18.3 Å². The van der Waals surface area contributed by atoms with Crippen LogP contribution >= 0.6 is 0 Å². The summed E-state index contributed by atoms with van der Waals surface area (Å²) >= 11 is 0. The molecule has 1 rings (SSSR count). The summed E-state index contributed by atoms with van der Waals surface area (Å²) in [5.74, 6) is -0.198. The average molecular weight is 234 g/mol. The summed E-state index contributed by atoms with van der Waals surface area (Å²) in [4.78, 5) is 3.65. The number of aromatic nitrogens is 1. The lowest BCUT2D eigenvalue weighted by molar-refractivity contribution is -0.137. The summed E-state index contributed by atoms with van der Waals surface area (Å²) < 4.78 is 37.7. The number of hydrogen-bond acceptors (Lipinski definition) is 3. The van der Waals surface area contributed by atoms with Crippen LogP contribution in [0.15, 0.2) is 18.3 Å². The fraction of sp³-hybridized carbons (Fsp3) is 0.500. The van der Waals surface area contributed by atoms with Crippen LogP contribution in [0.25, 0.3) is 0 Å². The number of hydrogen-bond donors (Lipinski definition) is 2. The van der Waals surface area contributed by atoms with Gasteiger partial charge in [-0.2, -0.15) is 13.2 Å². The quantitative estimate of drug-likeness (QED) is 0.840. The van der Waals surface area contributed by atoms with E-state index in [1.165, 1.54) is 12.3 Å². The molecule has 0 fully saturated rings. The maximum atomic E-state index is 12.6. The molecule has 0 amide bonds. The molecule has 0 unspecified atom stereocenters. The second kappa shape index (κ2) is 5.16. The van der Waals surface area contributed by atoms with Crippen molar-refractivity contribution in [3.8, 4) is 0 Å². The van der Waals surface area contributed by atoms with Gasteiger partial charge in [-0.3, -0.25) is 0 Å². The van der Waals surface area contributed by atoms with Crippen LogP contribution in [0.2, 0.25) is 0 Å². The predicted molar refractivity (Wildman–Crippen MR) is 54.0 cm³/mol. The van der Waals surface area contributed by atoms with E-state index in [2.05, 4.69) is 10.3 Å². The van der Waals surface area contributed by atoms with Crippen molar-refractivity contribution in [1.82, 2.24) is 4.98 Å². The molecule has 1 aromatic heterocycles. The van der Waals surface area contributed by atoms with Crippen molar-refractivity contribution in [2.45, 2.75) is 25.6 Å². The van der Waals surface area contributed by atoms with Gasteiger partial charge in [-0.05, 0) is 25.5 Å². The van der Waals surface area contributed by atoms with E-state index in [4.69, 9.17) is 5.11 Å². The Balaban J connectivity index is 2.87. The van der Waals surface area contributed by atoms with Crippen molar-refractivity contribution in [3.63, 3.8) is 0 Å². The van der Waals surface area contributed by atoms with E-state index in [-0.39, 0.29) is 18.5 Å². The van der Waals surface area contributed by atoms with Crippen LogP contribution in [0.1, 0.15) is 18.9 Å². The number of alkyl halides is 3. The van der Waals surface area contributed by atoms with Crippen LogP contribution < -0.4 is 5.32 Å². The van der Waals surface area contributed by atoms with Gasteiger partial charge in [0.05, 0.1) is 5.56 Å². The zero-order valence-electron chi connectivity index (χ0n) is 8.75. The minimum Gasteiger partial charge on any atom is -0.396 e. The number of anilines is 1. The molecule has 6 heteroatoms. The van der Waals surface area contributed by atoms with Gasteiger partial charge in [0.25, 0.3) is 0 Å². The van der Waals surface area contributed by atoms with Gasteiger partial charge in [0.1, 0.15) is 5.82 Å². The Hall–Kier alpha value is -1.30. The molecular weight excluding hydrogens is 221 g/mol. The number of nitrogens with one attached hydrogen (secondary N) is 1. The highest BCUT2D eigenvalue weighted by Gasteiger charge is 2.34. The van der Waals surface area contributed by atoms with Gasteiger partial charge < -0.3 is 10.4 Å². The van der Waals surface area contributed by atoms with E-state index in [1.54, 1.807) is 6.92 Å². The Labute approximate surface area is 91.3 Å². The molecule has 0 saturated heterocycles. The normalized spacial score (nSPS) is 13.6. The van der Waals surface area contributed by atoms with Crippen molar-refractivity contribution in [1.29, 1.82) is 0 Å². The van der Waals surface area contributed by atoms with Crippen LogP contribution in [-0.2, 0) is 6.18 Å². The fourth-order valence-electron chi connectivity index (χ4n) is 1.25. The van der Waals surface area contributed by atoms with E-state index in [0.717, 1.165) is 6.07 Å². The van der Waals surface area contributed by atoms with Crippen molar-refractivity contribution in [2.75, 3.05) is 11.9 Å². The van der Waals surface area contributed by atoms with Gasteiger partial charge in [-0.25, -0.2) is 4.98 Å². The molecule has 2 N–H and O–H groups in total. The van der Waals surface area contributed by atoms with Gasteiger partial charge in [-0.15, -0.1) is 0 Å². The number of aliphatic hydroxyl groups is 1. The molecule has 0 aromatic carbocycles. The van der Waals surface area contributed by atoms with Crippen LogP contribution in [0.5, 0.6) is 0 Å². The predicted octanol–water partition coefficient (Wildman–Crippen LogP) is 2.28. The summed E-state index contributed by atoms with van der Waals surface area (Å²) in [5.41, 5.74) is -0.792. The van der Waals surface area contributed by atoms with Crippen LogP contribution in [0.4, 0.5) is 19.0 Å². The summed E-state index contributed by atoms with van der Waals surface area (Å²) in [6.45, 7) is 1.60. The minimum absolute atomic E-state index is 0.0810. The number of pyridine rings is 1. The Morgan fingerprint density at radius 1 is 1.50 bits per heavy atom. The molecule has 0 spiro atoms. The van der Waals surface area contributed by atoms with E-state index in [9.17, 15) is 13.2 Å². The summed E-state index contributed by atoms with van der Waals surface area (Å²) in [5, 5.41) is 11.3. The van der Waals surface area contributed by atoms with Crippen molar-refractivity contribution >= 4 is 5.82 Å². The highest BCUT2D eigenvalue weighted by Crippen LogP contribution is 2.33. The van der Waals surface area contributed by atoms with E-state index in [0.29, 0.717) is 6.42 Å². The van der Waals surface area contributed by atoms with E-state index >= 15 is 0 Å². The molecular formula is C10H13F3N2O. The first kappa shape index (κ1) is 12.8. The molecule has 90 valence electrons. The van der Waals surface area contributed by atoms with Gasteiger partial charge in [0, 0.05) is 18.8 Å². The second-order valence-electron chi connectivity index (χ2n) is 3.45. The first-order valence-corrected chi connectivity index (χ1v) is 4.84. The standard InChI is InChI=1S/C10H13F3N2O/c1-7(4-6-16)15-9-8(10(11,12)13)3-2-5-14-9/h2-3,5,7,16H,4,6H2,1H3,(H,14,15)/t7-/m0/s1. The first-order valence-electron chi connectivity index (χ1n) is 4.84. The molecule has 3 nitrogen and oxygen atoms in total. The monoisotopic (exact) mass is 234 g/mol. The van der Waals surface area contributed by atoms with Gasteiger partial charge in [-0.1, -0.05) is 0 Å². The molecule has 0 aliphatic heterocycles. The topological polar surface area (TPSA) is 45.1 Å². The zero-order valence-corrected chi connectivity index (χ0v) is 8.75. The largest absolute Gasteiger partial charge is 0.419 e. The number of halogens is 3. The maximum Gasteiger partial charge on any atom is 0.419 e. The summed E-state index contributed by atoms with van der Waals surface area (Å²) in [6, 6.07) is 1.95. The minimum atomic E-state index is -4.42. The van der Waals surface area contributed by atoms with Crippen molar-refractivity contribution in [3.05, 3.63) is 23.9 Å². The Bertz CT molecular complexity index is 341. The van der Waals surface area contributed by atoms with E-state index in [1.807, 2.05) is 0 Å². The molecule has 1 atom stereocenters. The summed E-state index contributed by atoms with van der Waals surface area (Å²) in [7, 11) is 0. The molecule has 16 heavy (non-hydrogen) atoms. The number of nitrogens with zero attached hydrogens (tertiary/aromatic N) is 1. The Morgan fingerprint density at radius 2 is 2.19 bits per heavy atom. The maximum absolute atomic E-state index is 12.6. The molecule has 0 bridgehead atoms. The lowest BCUT2D eigenvalue weighted by Crippen LogP contribution is -2.20. The van der Waals surface area contributed by atoms with Gasteiger partial charge >= 0.3 is 6.18 Å². The highest BCUT2D eigenvalue weighted by atomic mass is 19.4. The van der Waals surface area contributed by atoms with Crippen LogP contribution in [0, 0.1) is 0 Å². The van der Waals surface area contributed by atoms with Crippen LogP contribution in [0.3, 0.4) is 0 Å². The van der Waals surface area contributed by atoms with E-state index < -0.39 is 11.7 Å². The van der Waals surface area contributed by atoms with Gasteiger partial charge in [0.15, 0.2) is 0 Å². The average Bonchev–Trinajstić information content (AvgIpc) is 2.17. The third-order valence-electron chi connectivity index (χ3n) is 2.06. The molecule has 1 heterocycles. The Kier molecular flexibility index (Phi) is 4.12. The molecule has 0 saturated carbocycles. The third-order valence-corrected chi connectivity index (χ3v) is 2.06. The fourth-order valence-corrected chi connectivity index (χ4v) is 1.25. The highest BCUT2D eigenvalue weighted by molar-refractivity contribution is 5.46. The summed E-state index contributed by atoms with van der Waals surface area (Å²) in [6.07, 6.45) is -2.76. The Morgan fingerprint density at radius 3 is 2.75 bits per heavy atom. The lowest BCUT2D eigenvalue weighted by Gasteiger charge is -2.17. The first-order chi connectivity index (χ1) is 7.45. The van der Waals surface area contributed by atoms with Crippen molar-refractivity contribution in [2.24, 2.45) is 0 Å². The number of rotatable bonds is 4. The molecule has 0 aliphatic rings. The molecule has 0 radical (unpaired) electrons. The molecule has 1 aromatic rings. The van der Waals surface area contributed by atoms with Gasteiger partial charge in [0.2, 0.25) is 0 Å². The lowest BCUT2D eigenvalue weighted by atomic mass is 10.2. The SMILES string of the molecule is C[C@@H](CCO)Nc1ncccc1C(F)(F)F. The third kappa shape index (κ3) is 3.37. The molecule has 0 aliphatic carbocycles.